The average Bonchev–Trinajstić information content (AvgIpc) is 2.62. The molecule has 2 atom stereocenters. The third-order valence-corrected chi connectivity index (χ3v) is 5.16. The Hall–Kier alpha value is -1.66. The van der Waals surface area contributed by atoms with E-state index < -0.39 is 0 Å². The predicted molar refractivity (Wildman–Crippen MR) is 93.0 cm³/mol. The van der Waals surface area contributed by atoms with Crippen molar-refractivity contribution in [1.82, 2.24) is 4.98 Å². The Morgan fingerprint density at radius 3 is 2.92 bits per heavy atom. The summed E-state index contributed by atoms with van der Waals surface area (Å²) < 4.78 is 5.61. The third-order valence-electron chi connectivity index (χ3n) is 5.16. The first kappa shape index (κ1) is 17.2. The van der Waals surface area contributed by atoms with E-state index in [1.165, 1.54) is 0 Å². The monoisotopic (exact) mass is 333 g/mol. The van der Waals surface area contributed by atoms with Gasteiger partial charge in [-0.05, 0) is 50.7 Å². The van der Waals surface area contributed by atoms with E-state index in [2.05, 4.69) is 15.2 Å². The number of pyridine rings is 1. The van der Waals surface area contributed by atoms with Crippen molar-refractivity contribution >= 4 is 17.4 Å². The van der Waals surface area contributed by atoms with Crippen LogP contribution in [0.2, 0.25) is 0 Å². The minimum absolute atomic E-state index is 0.0155. The number of hydrogen-bond acceptors (Lipinski definition) is 5. The molecule has 0 bridgehead atoms. The maximum absolute atomic E-state index is 12.6. The van der Waals surface area contributed by atoms with Crippen LogP contribution in [0.5, 0.6) is 0 Å². The second-order valence-electron chi connectivity index (χ2n) is 6.80. The van der Waals surface area contributed by atoms with Crippen LogP contribution in [0.15, 0.2) is 18.3 Å². The van der Waals surface area contributed by atoms with Crippen LogP contribution in [-0.4, -0.2) is 48.4 Å². The number of nitrogens with zero attached hydrogens (tertiary/aromatic N) is 2. The van der Waals surface area contributed by atoms with Gasteiger partial charge < -0.3 is 20.1 Å². The lowest BCUT2D eigenvalue weighted by Gasteiger charge is -2.33. The van der Waals surface area contributed by atoms with Crippen molar-refractivity contribution in [2.75, 3.05) is 36.5 Å². The molecule has 0 saturated carbocycles. The molecule has 3 rings (SSSR count). The van der Waals surface area contributed by atoms with Crippen molar-refractivity contribution < 1.29 is 14.6 Å². The molecule has 0 radical (unpaired) electrons. The Morgan fingerprint density at radius 1 is 1.42 bits per heavy atom. The molecule has 6 nitrogen and oxygen atoms in total. The molecule has 1 aromatic heterocycles. The van der Waals surface area contributed by atoms with Gasteiger partial charge in [0.25, 0.3) is 0 Å². The maximum atomic E-state index is 12.6. The topological polar surface area (TPSA) is 74.7 Å². The van der Waals surface area contributed by atoms with Gasteiger partial charge in [0.15, 0.2) is 5.82 Å². The first-order chi connectivity index (χ1) is 11.7. The molecule has 24 heavy (non-hydrogen) atoms. The van der Waals surface area contributed by atoms with Crippen molar-refractivity contribution in [2.45, 2.75) is 38.7 Å². The fourth-order valence-electron chi connectivity index (χ4n) is 3.57. The number of ether oxygens (including phenoxy) is 1. The number of rotatable bonds is 4. The number of anilines is 2. The molecule has 2 N–H and O–H groups in total. The summed E-state index contributed by atoms with van der Waals surface area (Å²) in [5, 5.41) is 12.3. The molecule has 0 aromatic carbocycles. The normalized spacial score (nSPS) is 25.5. The van der Waals surface area contributed by atoms with Gasteiger partial charge >= 0.3 is 0 Å². The fraction of sp³-hybridized carbons (Fsp3) is 0.667. The average molecular weight is 333 g/mol. The number of carbonyl (C=O) groups excluding carboxylic acids is 1. The standard InChI is InChI=1S/C18H27N3O3/c1-13-15(4-3-11-24-13)18(23)20-16-5-2-8-19-17(16)21-9-6-14(12-22)7-10-21/h2,5,8,13-15,22H,3-4,6-7,9-12H2,1H3,(H,20,23)/t13-,15+/m0/s1. The Kier molecular flexibility index (Phi) is 5.68. The Balaban J connectivity index is 1.69. The largest absolute Gasteiger partial charge is 0.396 e. The summed E-state index contributed by atoms with van der Waals surface area (Å²) in [6.07, 6.45) is 5.41. The quantitative estimate of drug-likeness (QED) is 0.882. The zero-order chi connectivity index (χ0) is 16.9. The molecule has 6 heteroatoms. The van der Waals surface area contributed by atoms with Gasteiger partial charge in [-0.15, -0.1) is 0 Å². The number of amides is 1. The SMILES string of the molecule is C[C@@H]1OCCC[C@H]1C(=O)Nc1cccnc1N1CCC(CO)CC1. The van der Waals surface area contributed by atoms with Crippen molar-refractivity contribution in [2.24, 2.45) is 11.8 Å². The van der Waals surface area contributed by atoms with Gasteiger partial charge in [0.05, 0.1) is 17.7 Å². The van der Waals surface area contributed by atoms with E-state index in [0.717, 1.165) is 56.9 Å². The molecule has 2 saturated heterocycles. The van der Waals surface area contributed by atoms with Crippen molar-refractivity contribution in [1.29, 1.82) is 0 Å². The van der Waals surface area contributed by atoms with Crippen molar-refractivity contribution in [3.05, 3.63) is 18.3 Å². The molecule has 132 valence electrons. The molecule has 2 aliphatic heterocycles. The van der Waals surface area contributed by atoms with E-state index in [0.29, 0.717) is 5.92 Å². The molecule has 0 spiro atoms. The summed E-state index contributed by atoms with van der Waals surface area (Å²) in [5.41, 5.74) is 0.766. The highest BCUT2D eigenvalue weighted by Gasteiger charge is 2.30. The minimum Gasteiger partial charge on any atom is -0.396 e. The van der Waals surface area contributed by atoms with Crippen LogP contribution in [-0.2, 0) is 9.53 Å². The summed E-state index contributed by atoms with van der Waals surface area (Å²) >= 11 is 0. The van der Waals surface area contributed by atoms with Crippen LogP contribution < -0.4 is 10.2 Å². The first-order valence-electron chi connectivity index (χ1n) is 8.92. The summed E-state index contributed by atoms with van der Waals surface area (Å²) in [7, 11) is 0. The zero-order valence-electron chi connectivity index (χ0n) is 14.3. The van der Waals surface area contributed by atoms with Crippen LogP contribution in [0.1, 0.15) is 32.6 Å². The second-order valence-corrected chi connectivity index (χ2v) is 6.80. The van der Waals surface area contributed by atoms with E-state index in [9.17, 15) is 9.90 Å². The highest BCUT2D eigenvalue weighted by atomic mass is 16.5. The molecule has 3 heterocycles. The Morgan fingerprint density at radius 2 is 2.21 bits per heavy atom. The van der Waals surface area contributed by atoms with Gasteiger partial charge in [0.1, 0.15) is 0 Å². The number of carbonyl (C=O) groups is 1. The smallest absolute Gasteiger partial charge is 0.230 e. The van der Waals surface area contributed by atoms with Crippen LogP contribution in [0.3, 0.4) is 0 Å². The molecular weight excluding hydrogens is 306 g/mol. The van der Waals surface area contributed by atoms with Crippen molar-refractivity contribution in [3.8, 4) is 0 Å². The van der Waals surface area contributed by atoms with Gasteiger partial charge in [0.2, 0.25) is 5.91 Å². The summed E-state index contributed by atoms with van der Waals surface area (Å²) in [5.74, 6) is 1.11. The second kappa shape index (κ2) is 7.94. The summed E-state index contributed by atoms with van der Waals surface area (Å²) in [6, 6.07) is 3.76. The molecule has 1 aromatic rings. The summed E-state index contributed by atoms with van der Waals surface area (Å²) in [6.45, 7) is 4.66. The number of hydrogen-bond donors (Lipinski definition) is 2. The van der Waals surface area contributed by atoms with Gasteiger partial charge in [-0.1, -0.05) is 0 Å². The zero-order valence-corrected chi connectivity index (χ0v) is 14.3. The fourth-order valence-corrected chi connectivity index (χ4v) is 3.57. The Bertz CT molecular complexity index is 558. The lowest BCUT2D eigenvalue weighted by Crippen LogP contribution is -2.38. The van der Waals surface area contributed by atoms with E-state index in [1.807, 2.05) is 19.1 Å². The summed E-state index contributed by atoms with van der Waals surface area (Å²) in [4.78, 5) is 19.3. The molecule has 0 aliphatic carbocycles. The number of aliphatic hydroxyl groups excluding tert-OH is 1. The van der Waals surface area contributed by atoms with Gasteiger partial charge in [-0.2, -0.15) is 0 Å². The third kappa shape index (κ3) is 3.87. The molecule has 2 fully saturated rings. The lowest BCUT2D eigenvalue weighted by atomic mass is 9.94. The van der Waals surface area contributed by atoms with E-state index in [4.69, 9.17) is 4.74 Å². The van der Waals surface area contributed by atoms with Gasteiger partial charge in [0, 0.05) is 32.5 Å². The van der Waals surface area contributed by atoms with E-state index >= 15 is 0 Å². The number of piperidine rings is 1. The van der Waals surface area contributed by atoms with Gasteiger partial charge in [-0.3, -0.25) is 4.79 Å². The number of aliphatic hydroxyl groups is 1. The van der Waals surface area contributed by atoms with Gasteiger partial charge in [-0.25, -0.2) is 4.98 Å². The van der Waals surface area contributed by atoms with Crippen LogP contribution in [0, 0.1) is 11.8 Å². The first-order valence-corrected chi connectivity index (χ1v) is 8.92. The predicted octanol–water partition coefficient (Wildman–Crippen LogP) is 2.04. The molecule has 2 aliphatic rings. The van der Waals surface area contributed by atoms with Crippen LogP contribution in [0.25, 0.3) is 0 Å². The number of nitrogens with one attached hydrogen (secondary N) is 1. The molecular formula is C18H27N3O3. The molecule has 1 amide bonds. The van der Waals surface area contributed by atoms with Crippen molar-refractivity contribution in [3.63, 3.8) is 0 Å². The van der Waals surface area contributed by atoms with Crippen LogP contribution >= 0.6 is 0 Å². The van der Waals surface area contributed by atoms with Crippen LogP contribution in [0.4, 0.5) is 11.5 Å². The van der Waals surface area contributed by atoms with E-state index in [-0.39, 0.29) is 24.5 Å². The molecule has 0 unspecified atom stereocenters. The highest BCUT2D eigenvalue weighted by Crippen LogP contribution is 2.29. The lowest BCUT2D eigenvalue weighted by molar-refractivity contribution is -0.127. The minimum atomic E-state index is -0.105. The van der Waals surface area contributed by atoms with E-state index in [1.54, 1.807) is 6.20 Å². The maximum Gasteiger partial charge on any atom is 0.230 e. The Labute approximate surface area is 143 Å². The highest BCUT2D eigenvalue weighted by molar-refractivity contribution is 5.95. The number of aromatic nitrogens is 1.